The Balaban J connectivity index is 3.90. The molecule has 0 heterocycles. The highest BCUT2D eigenvalue weighted by Gasteiger charge is 2.20. The number of quaternary nitrogens is 1. The third-order valence-corrected chi connectivity index (χ3v) is 10.1. The van der Waals surface area contributed by atoms with Crippen LogP contribution in [0.1, 0.15) is 194 Å². The van der Waals surface area contributed by atoms with Crippen LogP contribution in [0.15, 0.2) is 0 Å². The number of unbranched alkanes of at least 4 members (excludes halogenated alkanes) is 25. The van der Waals surface area contributed by atoms with E-state index in [1.54, 1.807) is 0 Å². The zero-order valence-electron chi connectivity index (χ0n) is 33.2. The van der Waals surface area contributed by atoms with Crippen LogP contribution < -0.4 is 4.89 Å². The monoisotopic (exact) mass is 720 g/mol. The minimum Gasteiger partial charge on any atom is -0.756 e. The predicted octanol–water partition coefficient (Wildman–Crippen LogP) is 11.1. The Hall–Kier alpha value is -0.500. The molecule has 0 saturated heterocycles. The Morgan fingerprint density at radius 3 is 1.35 bits per heavy atom. The summed E-state index contributed by atoms with van der Waals surface area (Å²) in [7, 11) is 1.37. The lowest BCUT2D eigenvalue weighted by atomic mass is 10.0. The molecule has 0 radical (unpaired) electrons. The molecule has 0 aliphatic rings. The van der Waals surface area contributed by atoms with Gasteiger partial charge in [-0.1, -0.05) is 174 Å². The van der Waals surface area contributed by atoms with E-state index in [0.717, 1.165) is 44.9 Å². The van der Waals surface area contributed by atoms with E-state index in [1.807, 2.05) is 21.1 Å². The highest BCUT2D eigenvalue weighted by Crippen LogP contribution is 2.38. The molecule has 0 aliphatic carbocycles. The molecule has 0 spiro atoms. The van der Waals surface area contributed by atoms with E-state index in [2.05, 4.69) is 13.8 Å². The van der Waals surface area contributed by atoms with Crippen molar-refractivity contribution in [2.75, 3.05) is 54.1 Å². The second-order valence-corrected chi connectivity index (χ2v) is 16.8. The molecule has 0 aromatic heterocycles. The molecule has 294 valence electrons. The lowest BCUT2D eigenvalue weighted by Crippen LogP contribution is -2.37. The van der Waals surface area contributed by atoms with Gasteiger partial charge in [0.05, 0.1) is 34.4 Å². The summed E-state index contributed by atoms with van der Waals surface area (Å²) in [4.78, 5) is 24.7. The molecule has 0 aromatic rings. The van der Waals surface area contributed by atoms with Crippen LogP contribution in [-0.2, 0) is 27.9 Å². The highest BCUT2D eigenvalue weighted by molar-refractivity contribution is 7.45. The molecule has 49 heavy (non-hydrogen) atoms. The molecule has 2 unspecified atom stereocenters. The van der Waals surface area contributed by atoms with E-state index in [1.165, 1.54) is 128 Å². The van der Waals surface area contributed by atoms with Crippen LogP contribution in [-0.4, -0.2) is 70.7 Å². The summed E-state index contributed by atoms with van der Waals surface area (Å²) >= 11 is 0. The van der Waals surface area contributed by atoms with Gasteiger partial charge in [-0.05, 0) is 12.8 Å². The number of esters is 1. The van der Waals surface area contributed by atoms with Gasteiger partial charge in [-0.3, -0.25) is 9.36 Å². The average Bonchev–Trinajstić information content (AvgIpc) is 3.04. The fraction of sp³-hybridized carbons (Fsp3) is 0.975. The Morgan fingerprint density at radius 1 is 0.551 bits per heavy atom. The van der Waals surface area contributed by atoms with Crippen LogP contribution in [0.5, 0.6) is 0 Å². The van der Waals surface area contributed by atoms with Gasteiger partial charge in [-0.25, -0.2) is 0 Å². The lowest BCUT2D eigenvalue weighted by Gasteiger charge is -2.28. The van der Waals surface area contributed by atoms with Crippen LogP contribution in [0, 0.1) is 0 Å². The molecule has 2 atom stereocenters. The second-order valence-electron chi connectivity index (χ2n) is 15.4. The second kappa shape index (κ2) is 34.6. The normalized spacial score (nSPS) is 13.8. The van der Waals surface area contributed by atoms with Crippen molar-refractivity contribution in [1.29, 1.82) is 0 Å². The van der Waals surface area contributed by atoms with E-state index >= 15 is 0 Å². The van der Waals surface area contributed by atoms with Gasteiger partial charge in [0.2, 0.25) is 0 Å². The molecule has 0 amide bonds. The number of carbonyl (C=O) groups is 1. The summed E-state index contributed by atoms with van der Waals surface area (Å²) < 4.78 is 34.3. The van der Waals surface area contributed by atoms with Gasteiger partial charge in [0.15, 0.2) is 0 Å². The number of carbonyl (C=O) groups excluding carboxylic acids is 1. The quantitative estimate of drug-likeness (QED) is 0.0270. The van der Waals surface area contributed by atoms with Crippen LogP contribution in [0.25, 0.3) is 0 Å². The lowest BCUT2D eigenvalue weighted by molar-refractivity contribution is -0.870. The van der Waals surface area contributed by atoms with Crippen molar-refractivity contribution in [3.05, 3.63) is 0 Å². The third kappa shape index (κ3) is 38.6. The number of nitrogens with zero attached hydrogens (tertiary/aromatic N) is 1. The molecule has 0 bridgehead atoms. The van der Waals surface area contributed by atoms with Gasteiger partial charge in [0.25, 0.3) is 7.82 Å². The van der Waals surface area contributed by atoms with Gasteiger partial charge >= 0.3 is 5.97 Å². The molecule has 0 fully saturated rings. The average molecular weight is 720 g/mol. The van der Waals surface area contributed by atoms with Gasteiger partial charge in [-0.2, -0.15) is 0 Å². The van der Waals surface area contributed by atoms with Gasteiger partial charge in [-0.15, -0.1) is 0 Å². The first-order valence-corrected chi connectivity index (χ1v) is 22.2. The van der Waals surface area contributed by atoms with Crippen molar-refractivity contribution < 1.29 is 37.3 Å². The number of phosphoric ester groups is 1. The Morgan fingerprint density at radius 2 is 0.939 bits per heavy atom. The predicted molar refractivity (Wildman–Crippen MR) is 204 cm³/mol. The maximum atomic E-state index is 12.4. The highest BCUT2D eigenvalue weighted by atomic mass is 31.2. The van der Waals surface area contributed by atoms with Crippen LogP contribution >= 0.6 is 7.82 Å². The van der Waals surface area contributed by atoms with Crippen LogP contribution in [0.3, 0.4) is 0 Å². The fourth-order valence-corrected chi connectivity index (χ4v) is 6.63. The molecule has 0 aliphatic heterocycles. The van der Waals surface area contributed by atoms with Crippen LogP contribution in [0.4, 0.5) is 0 Å². The maximum Gasteiger partial charge on any atom is 0.306 e. The fourth-order valence-electron chi connectivity index (χ4n) is 5.90. The van der Waals surface area contributed by atoms with Gasteiger partial charge in [0, 0.05) is 13.0 Å². The van der Waals surface area contributed by atoms with Gasteiger partial charge in [0.1, 0.15) is 19.3 Å². The summed E-state index contributed by atoms with van der Waals surface area (Å²) in [6.45, 7) is 5.36. The van der Waals surface area contributed by atoms with Crippen molar-refractivity contribution in [2.24, 2.45) is 0 Å². The number of ether oxygens (including phenoxy) is 2. The molecular formula is C40H82NO7P. The smallest absolute Gasteiger partial charge is 0.306 e. The zero-order valence-corrected chi connectivity index (χ0v) is 34.1. The van der Waals surface area contributed by atoms with Crippen molar-refractivity contribution in [3.63, 3.8) is 0 Å². The number of hydrogen-bond acceptors (Lipinski definition) is 7. The molecule has 0 saturated carbocycles. The summed E-state index contributed by atoms with van der Waals surface area (Å²) in [5, 5.41) is 0. The van der Waals surface area contributed by atoms with E-state index in [-0.39, 0.29) is 25.8 Å². The summed E-state index contributed by atoms with van der Waals surface area (Å²) in [6, 6.07) is 0. The molecule has 9 heteroatoms. The number of phosphoric acid groups is 1. The summed E-state index contributed by atoms with van der Waals surface area (Å²) in [6.07, 6.45) is 34.5. The van der Waals surface area contributed by atoms with Crippen molar-refractivity contribution >= 4 is 13.8 Å². The maximum absolute atomic E-state index is 12.4. The van der Waals surface area contributed by atoms with Crippen molar-refractivity contribution in [2.45, 2.75) is 200 Å². The molecular weight excluding hydrogens is 637 g/mol. The summed E-state index contributed by atoms with van der Waals surface area (Å²) in [5.74, 6) is -0.343. The van der Waals surface area contributed by atoms with Crippen molar-refractivity contribution in [3.8, 4) is 0 Å². The van der Waals surface area contributed by atoms with E-state index in [9.17, 15) is 14.3 Å². The number of rotatable bonds is 39. The van der Waals surface area contributed by atoms with E-state index in [4.69, 9.17) is 18.5 Å². The Kier molecular flexibility index (Phi) is 34.2. The minimum atomic E-state index is -4.50. The zero-order chi connectivity index (χ0) is 36.3. The molecule has 0 aromatic carbocycles. The number of likely N-dealkylation sites (N-methyl/N-ethyl adjacent to an activating group) is 1. The van der Waals surface area contributed by atoms with Crippen LogP contribution in [0.2, 0.25) is 0 Å². The van der Waals surface area contributed by atoms with E-state index < -0.39 is 13.9 Å². The first-order chi connectivity index (χ1) is 23.6. The van der Waals surface area contributed by atoms with Gasteiger partial charge < -0.3 is 27.9 Å². The topological polar surface area (TPSA) is 94.1 Å². The third-order valence-electron chi connectivity index (χ3n) is 9.16. The summed E-state index contributed by atoms with van der Waals surface area (Å²) in [5.41, 5.74) is 0. The Bertz CT molecular complexity index is 761. The number of hydrogen-bond donors (Lipinski definition) is 0. The Labute approximate surface area is 304 Å². The minimum absolute atomic E-state index is 0.0303. The first kappa shape index (κ1) is 48.5. The molecule has 8 nitrogen and oxygen atoms in total. The first-order valence-electron chi connectivity index (χ1n) is 20.8. The SMILES string of the molecule is CCCCCCCCCCCCCCCCCCCCCCCCOCC(COP(=O)([O-])OCC[N+](C)(C)C)OC(=O)CCCCCCC. The molecule has 0 N–H and O–H groups in total. The largest absolute Gasteiger partial charge is 0.756 e. The standard InChI is InChI=1S/C40H82NO7P/c1-6-8-10-12-13-14-15-16-17-18-19-20-21-22-23-24-25-26-27-28-30-32-35-45-37-39(48-40(42)33-31-29-11-9-7-2)38-47-49(43,44)46-36-34-41(3,4)5/h39H,6-38H2,1-5H3. The van der Waals surface area contributed by atoms with E-state index in [0.29, 0.717) is 24.1 Å². The molecule has 0 rings (SSSR count). The van der Waals surface area contributed by atoms with Crippen molar-refractivity contribution in [1.82, 2.24) is 0 Å².